The van der Waals surface area contributed by atoms with Crippen LogP contribution in [-0.4, -0.2) is 44.2 Å². The molecule has 2 fully saturated rings. The first-order valence-electron chi connectivity index (χ1n) is 11.0. The molecule has 0 radical (unpaired) electrons. The quantitative estimate of drug-likeness (QED) is 0.748. The maximum atomic E-state index is 13.0. The number of piperidine rings is 1. The van der Waals surface area contributed by atoms with Crippen LogP contribution >= 0.6 is 0 Å². The van der Waals surface area contributed by atoms with Gasteiger partial charge in [0.1, 0.15) is 0 Å². The number of carbonyl (C=O) groups is 2. The third-order valence-corrected chi connectivity index (χ3v) is 8.12. The Morgan fingerprint density at radius 1 is 1.03 bits per heavy atom. The molecule has 0 spiro atoms. The first kappa shape index (κ1) is 22.5. The molecule has 0 unspecified atom stereocenters. The minimum atomic E-state index is -3.63. The number of anilines is 2. The number of aryl methyl sites for hydroxylation is 2. The van der Waals surface area contributed by atoms with Gasteiger partial charge in [-0.15, -0.1) is 0 Å². The van der Waals surface area contributed by atoms with Gasteiger partial charge < -0.3 is 10.2 Å². The van der Waals surface area contributed by atoms with E-state index in [1.54, 1.807) is 35.2 Å². The Balaban J connectivity index is 1.44. The molecule has 4 rings (SSSR count). The van der Waals surface area contributed by atoms with Crippen molar-refractivity contribution in [3.63, 3.8) is 0 Å². The molecule has 0 aliphatic carbocycles. The molecule has 1 N–H and O–H groups in total. The van der Waals surface area contributed by atoms with E-state index in [0.29, 0.717) is 31.5 Å². The number of nitrogens with one attached hydrogen (secondary N) is 1. The lowest BCUT2D eigenvalue weighted by atomic mass is 9.98. The number of sulfonamides is 1. The summed E-state index contributed by atoms with van der Waals surface area (Å²) in [4.78, 5) is 27.0. The van der Waals surface area contributed by atoms with Crippen LogP contribution in [0.3, 0.4) is 0 Å². The molecular formula is C24H29N3O4S. The predicted molar refractivity (Wildman–Crippen MR) is 124 cm³/mol. The molecule has 0 aromatic heterocycles. The Labute approximate surface area is 189 Å². The fraction of sp³-hybridized carbons (Fsp3) is 0.417. The predicted octanol–water partition coefficient (Wildman–Crippen LogP) is 3.47. The van der Waals surface area contributed by atoms with E-state index in [0.717, 1.165) is 29.8 Å². The molecule has 170 valence electrons. The fourth-order valence-corrected chi connectivity index (χ4v) is 5.94. The lowest BCUT2D eigenvalue weighted by Crippen LogP contribution is -2.43. The van der Waals surface area contributed by atoms with E-state index in [4.69, 9.17) is 0 Å². The summed E-state index contributed by atoms with van der Waals surface area (Å²) in [5.41, 5.74) is 3.44. The molecule has 0 bridgehead atoms. The normalized spacial score (nSPS) is 19.9. The average molecular weight is 456 g/mol. The Morgan fingerprint density at radius 3 is 2.44 bits per heavy atom. The number of hydrogen-bond acceptors (Lipinski definition) is 4. The number of benzene rings is 2. The zero-order valence-corrected chi connectivity index (χ0v) is 19.3. The molecular weight excluding hydrogens is 426 g/mol. The first-order valence-corrected chi connectivity index (χ1v) is 12.5. The molecule has 8 heteroatoms. The summed E-state index contributed by atoms with van der Waals surface area (Å²) in [5.74, 6) is -0.468. The van der Waals surface area contributed by atoms with E-state index >= 15 is 0 Å². The van der Waals surface area contributed by atoms with E-state index in [1.807, 2.05) is 26.0 Å². The minimum absolute atomic E-state index is 0.127. The Kier molecular flexibility index (Phi) is 6.35. The molecule has 2 aliphatic heterocycles. The summed E-state index contributed by atoms with van der Waals surface area (Å²) in [6.45, 7) is 5.14. The molecule has 2 saturated heterocycles. The Hall–Kier alpha value is -2.71. The maximum Gasteiger partial charge on any atom is 0.243 e. The van der Waals surface area contributed by atoms with Crippen molar-refractivity contribution in [3.8, 4) is 0 Å². The van der Waals surface area contributed by atoms with Gasteiger partial charge in [0, 0.05) is 37.4 Å². The van der Waals surface area contributed by atoms with Crippen molar-refractivity contribution in [3.05, 3.63) is 53.6 Å². The molecule has 7 nitrogen and oxygen atoms in total. The second-order valence-corrected chi connectivity index (χ2v) is 10.6. The van der Waals surface area contributed by atoms with E-state index in [9.17, 15) is 18.0 Å². The van der Waals surface area contributed by atoms with Gasteiger partial charge in [0.2, 0.25) is 21.8 Å². The highest BCUT2D eigenvalue weighted by molar-refractivity contribution is 7.89. The molecule has 2 heterocycles. The number of nitrogens with zero attached hydrogens (tertiary/aromatic N) is 2. The van der Waals surface area contributed by atoms with E-state index < -0.39 is 15.9 Å². The van der Waals surface area contributed by atoms with Crippen LogP contribution in [0.5, 0.6) is 0 Å². The van der Waals surface area contributed by atoms with Gasteiger partial charge in [0.05, 0.1) is 10.8 Å². The average Bonchev–Trinajstić information content (AvgIpc) is 3.20. The third-order valence-electron chi connectivity index (χ3n) is 6.24. The molecule has 2 aromatic carbocycles. The molecule has 2 amide bonds. The van der Waals surface area contributed by atoms with Gasteiger partial charge in [0.15, 0.2) is 0 Å². The van der Waals surface area contributed by atoms with Crippen LogP contribution in [0.15, 0.2) is 47.4 Å². The van der Waals surface area contributed by atoms with Crippen LogP contribution in [0.1, 0.15) is 36.8 Å². The molecule has 2 aliphatic rings. The second-order valence-electron chi connectivity index (χ2n) is 8.65. The minimum Gasteiger partial charge on any atom is -0.326 e. The van der Waals surface area contributed by atoms with Crippen LogP contribution < -0.4 is 10.2 Å². The van der Waals surface area contributed by atoms with Gasteiger partial charge >= 0.3 is 0 Å². The highest BCUT2D eigenvalue weighted by atomic mass is 32.2. The van der Waals surface area contributed by atoms with Crippen LogP contribution in [0, 0.1) is 19.8 Å². The Bertz CT molecular complexity index is 1130. The smallest absolute Gasteiger partial charge is 0.243 e. The van der Waals surface area contributed by atoms with E-state index in [-0.39, 0.29) is 23.3 Å². The zero-order valence-electron chi connectivity index (χ0n) is 18.5. The number of hydrogen-bond donors (Lipinski definition) is 1. The van der Waals surface area contributed by atoms with Gasteiger partial charge in [-0.3, -0.25) is 9.59 Å². The van der Waals surface area contributed by atoms with Gasteiger partial charge in [-0.25, -0.2) is 8.42 Å². The van der Waals surface area contributed by atoms with Crippen molar-refractivity contribution in [2.75, 3.05) is 29.9 Å². The summed E-state index contributed by atoms with van der Waals surface area (Å²) in [6.07, 6.45) is 2.71. The van der Waals surface area contributed by atoms with Crippen molar-refractivity contribution in [2.45, 2.75) is 44.4 Å². The topological polar surface area (TPSA) is 86.8 Å². The standard InChI is InChI=1S/C24H29N3O4S/c1-17-7-10-21(11-8-17)32(30,31)26-13-3-5-19(16-26)24(29)25-20-9-12-22(18(2)15-20)27-14-4-6-23(27)28/h7-12,15,19H,3-6,13-14,16H2,1-2H3,(H,25,29)/t19-/m0/s1. The highest BCUT2D eigenvalue weighted by Crippen LogP contribution is 2.29. The van der Waals surface area contributed by atoms with E-state index in [2.05, 4.69) is 5.32 Å². The van der Waals surface area contributed by atoms with Gasteiger partial charge in [0.25, 0.3) is 0 Å². The molecule has 1 atom stereocenters. The lowest BCUT2D eigenvalue weighted by molar-refractivity contribution is -0.121. The number of amides is 2. The molecule has 32 heavy (non-hydrogen) atoms. The summed E-state index contributed by atoms with van der Waals surface area (Å²) >= 11 is 0. The number of carbonyl (C=O) groups excluding carboxylic acids is 2. The van der Waals surface area contributed by atoms with Gasteiger partial charge in [-0.2, -0.15) is 4.31 Å². The van der Waals surface area contributed by atoms with Crippen molar-refractivity contribution in [1.29, 1.82) is 0 Å². The largest absolute Gasteiger partial charge is 0.326 e. The van der Waals surface area contributed by atoms with Crippen LogP contribution in [-0.2, 0) is 19.6 Å². The Morgan fingerprint density at radius 2 is 1.78 bits per heavy atom. The maximum absolute atomic E-state index is 13.0. The highest BCUT2D eigenvalue weighted by Gasteiger charge is 2.33. The summed E-state index contributed by atoms with van der Waals surface area (Å²) in [5, 5.41) is 2.94. The summed E-state index contributed by atoms with van der Waals surface area (Å²) in [7, 11) is -3.63. The van der Waals surface area contributed by atoms with Crippen LogP contribution in [0.2, 0.25) is 0 Å². The van der Waals surface area contributed by atoms with Crippen molar-refractivity contribution >= 4 is 33.2 Å². The third kappa shape index (κ3) is 4.56. The molecule has 2 aromatic rings. The summed E-state index contributed by atoms with van der Waals surface area (Å²) < 4.78 is 27.5. The van der Waals surface area contributed by atoms with Gasteiger partial charge in [-0.1, -0.05) is 17.7 Å². The van der Waals surface area contributed by atoms with Crippen LogP contribution in [0.25, 0.3) is 0 Å². The lowest BCUT2D eigenvalue weighted by Gasteiger charge is -2.31. The van der Waals surface area contributed by atoms with Crippen LogP contribution in [0.4, 0.5) is 11.4 Å². The van der Waals surface area contributed by atoms with Crippen molar-refractivity contribution in [2.24, 2.45) is 5.92 Å². The van der Waals surface area contributed by atoms with Gasteiger partial charge in [-0.05, 0) is 69.0 Å². The molecule has 0 saturated carbocycles. The first-order chi connectivity index (χ1) is 15.3. The summed E-state index contributed by atoms with van der Waals surface area (Å²) in [6, 6.07) is 12.3. The fourth-order valence-electron chi connectivity index (χ4n) is 4.42. The van der Waals surface area contributed by atoms with Crippen molar-refractivity contribution in [1.82, 2.24) is 4.31 Å². The zero-order chi connectivity index (χ0) is 22.9. The SMILES string of the molecule is Cc1ccc(S(=O)(=O)N2CCC[C@H](C(=O)Nc3ccc(N4CCCC4=O)c(C)c3)C2)cc1. The van der Waals surface area contributed by atoms with Crippen molar-refractivity contribution < 1.29 is 18.0 Å². The number of rotatable bonds is 5. The second kappa shape index (κ2) is 9.03. The monoisotopic (exact) mass is 455 g/mol. The van der Waals surface area contributed by atoms with E-state index in [1.165, 1.54) is 4.31 Å².